The summed E-state index contributed by atoms with van der Waals surface area (Å²) in [5.74, 6) is -1.49. The van der Waals surface area contributed by atoms with Gasteiger partial charge in [-0.1, -0.05) is 0 Å². The van der Waals surface area contributed by atoms with Crippen molar-refractivity contribution in [2.75, 3.05) is 42.9 Å². The average molecular weight is 500 g/mol. The molecule has 9 nitrogen and oxygen atoms in total. The molecule has 0 aliphatic carbocycles. The first-order valence-corrected chi connectivity index (χ1v) is 11.1. The Balaban J connectivity index is 1.68. The van der Waals surface area contributed by atoms with Crippen molar-refractivity contribution in [3.8, 4) is 0 Å². The Bertz CT molecular complexity index is 1020. The maximum absolute atomic E-state index is 15.3. The van der Waals surface area contributed by atoms with Crippen LogP contribution in [0.25, 0.3) is 0 Å². The van der Waals surface area contributed by atoms with Crippen LogP contribution in [0.5, 0.6) is 0 Å². The molecule has 0 spiro atoms. The zero-order valence-corrected chi connectivity index (χ0v) is 19.5. The van der Waals surface area contributed by atoms with Crippen molar-refractivity contribution in [3.63, 3.8) is 0 Å². The number of nitrogens with two attached hydrogens (primary N) is 1. The van der Waals surface area contributed by atoms with E-state index in [0.29, 0.717) is 25.2 Å². The summed E-state index contributed by atoms with van der Waals surface area (Å²) >= 11 is 0. The number of anilines is 2. The monoisotopic (exact) mass is 499 g/mol. The highest BCUT2D eigenvalue weighted by molar-refractivity contribution is 5.75. The molecule has 1 amide bonds. The van der Waals surface area contributed by atoms with E-state index in [-0.39, 0.29) is 43.7 Å². The molecule has 1 aliphatic rings. The number of carbonyl (C=O) groups excluding carboxylic acids is 1. The van der Waals surface area contributed by atoms with E-state index in [0.717, 1.165) is 12.3 Å². The number of halogens is 4. The molecule has 1 saturated heterocycles. The number of nitrogens with zero attached hydrogens (tertiary/aromatic N) is 5. The number of hydrogen-bond donors (Lipinski definition) is 3. The smallest absolute Gasteiger partial charge is 0.388 e. The molecule has 2 aromatic heterocycles. The van der Waals surface area contributed by atoms with Crippen LogP contribution in [-0.4, -0.2) is 69.2 Å². The third-order valence-corrected chi connectivity index (χ3v) is 6.07. The number of likely N-dealkylation sites (tertiary alicyclic amines) is 1. The van der Waals surface area contributed by atoms with Gasteiger partial charge in [-0.15, -0.1) is 0 Å². The summed E-state index contributed by atoms with van der Waals surface area (Å²) in [6, 6.07) is 2.18. The summed E-state index contributed by atoms with van der Waals surface area (Å²) in [6.45, 7) is 4.90. The Morgan fingerprint density at radius 1 is 1.34 bits per heavy atom. The Morgan fingerprint density at radius 2 is 2.09 bits per heavy atom. The number of pyridine rings is 1. The van der Waals surface area contributed by atoms with Crippen LogP contribution in [0.2, 0.25) is 0 Å². The van der Waals surface area contributed by atoms with Crippen molar-refractivity contribution >= 4 is 17.5 Å². The van der Waals surface area contributed by atoms with Crippen molar-refractivity contribution in [2.45, 2.75) is 38.6 Å². The Kier molecular flexibility index (Phi) is 8.11. The minimum Gasteiger partial charge on any atom is -0.388 e. The maximum atomic E-state index is 15.3. The lowest BCUT2D eigenvalue weighted by atomic mass is 9.82. The third kappa shape index (κ3) is 6.75. The van der Waals surface area contributed by atoms with Crippen molar-refractivity contribution in [2.24, 2.45) is 11.7 Å². The van der Waals surface area contributed by atoms with Crippen LogP contribution in [-0.2, 0) is 17.5 Å². The molecule has 0 radical (unpaired) electrons. The topological polar surface area (TPSA) is 121 Å². The van der Waals surface area contributed by atoms with Crippen LogP contribution in [0, 0.1) is 11.7 Å². The van der Waals surface area contributed by atoms with Gasteiger partial charge in [-0.3, -0.25) is 14.7 Å². The second-order valence-corrected chi connectivity index (χ2v) is 8.81. The number of alkyl halides is 3. The summed E-state index contributed by atoms with van der Waals surface area (Å²) in [5, 5.41) is 13.8. The molecular formula is C22H29F4N7O2. The van der Waals surface area contributed by atoms with Crippen molar-refractivity contribution < 1.29 is 27.5 Å². The Morgan fingerprint density at radius 3 is 2.66 bits per heavy atom. The highest BCUT2D eigenvalue weighted by atomic mass is 19.4. The largest absolute Gasteiger partial charge is 0.417 e. The zero-order valence-electron chi connectivity index (χ0n) is 19.5. The minimum absolute atomic E-state index is 0.0188. The number of nitrogens with one attached hydrogen (secondary N) is 1. The molecule has 0 aromatic carbocycles. The van der Waals surface area contributed by atoms with E-state index in [1.165, 1.54) is 17.3 Å². The molecule has 4 N–H and O–H groups in total. The lowest BCUT2D eigenvalue weighted by molar-refractivity contribution is -0.137. The first kappa shape index (κ1) is 26.5. The van der Waals surface area contributed by atoms with Gasteiger partial charge >= 0.3 is 6.18 Å². The molecule has 1 aliphatic heterocycles. The van der Waals surface area contributed by atoms with Crippen LogP contribution in [0.1, 0.15) is 31.5 Å². The Hall–Kier alpha value is -3.06. The van der Waals surface area contributed by atoms with Gasteiger partial charge in [-0.05, 0) is 38.9 Å². The number of aliphatic hydroxyl groups is 1. The summed E-state index contributed by atoms with van der Waals surface area (Å²) in [5.41, 5.74) is 3.57. The molecule has 0 saturated carbocycles. The van der Waals surface area contributed by atoms with Gasteiger partial charge in [0.25, 0.3) is 0 Å². The maximum Gasteiger partial charge on any atom is 0.417 e. The molecule has 0 bridgehead atoms. The predicted octanol–water partition coefficient (Wildman–Crippen LogP) is 2.03. The first-order chi connectivity index (χ1) is 16.4. The fourth-order valence-electron chi connectivity index (χ4n) is 4.13. The molecule has 3 heterocycles. The highest BCUT2D eigenvalue weighted by Gasteiger charge is 2.38. The van der Waals surface area contributed by atoms with Crippen LogP contribution in [0.3, 0.4) is 0 Å². The van der Waals surface area contributed by atoms with E-state index in [9.17, 15) is 23.1 Å². The van der Waals surface area contributed by atoms with Crippen LogP contribution in [0.15, 0.2) is 24.7 Å². The molecule has 13 heteroatoms. The van der Waals surface area contributed by atoms with Gasteiger partial charge in [-0.25, -0.2) is 9.97 Å². The fraction of sp³-hybridized carbons (Fsp3) is 0.545. The number of rotatable bonds is 9. The molecule has 3 rings (SSSR count). The quantitative estimate of drug-likeness (QED) is 0.449. The van der Waals surface area contributed by atoms with Crippen LogP contribution >= 0.6 is 0 Å². The van der Waals surface area contributed by atoms with Gasteiger partial charge in [0.1, 0.15) is 6.33 Å². The SMILES string of the molecule is CCN(Cc1ccc(C(F)(F)F)cn1)c1ncnc(NC[C@@H]2CCN(CC(N)=O)C[C@]2(C)O)c1F. The van der Waals surface area contributed by atoms with E-state index in [4.69, 9.17) is 5.73 Å². The van der Waals surface area contributed by atoms with Gasteiger partial charge in [0.2, 0.25) is 11.7 Å². The second kappa shape index (κ2) is 10.7. The van der Waals surface area contributed by atoms with Gasteiger partial charge < -0.3 is 21.1 Å². The molecule has 1 fully saturated rings. The number of primary amides is 1. The number of hydrogen-bond acceptors (Lipinski definition) is 8. The number of amides is 1. The molecular weight excluding hydrogens is 470 g/mol. The number of carbonyl (C=O) groups is 1. The van der Waals surface area contributed by atoms with Crippen molar-refractivity contribution in [3.05, 3.63) is 41.7 Å². The van der Waals surface area contributed by atoms with E-state index in [1.54, 1.807) is 18.7 Å². The standard InChI is InChI=1S/C22H29F4N7O2/c1-3-33(10-16-5-4-15(9-28-16)22(24,25)26)20-18(23)19(30-13-31-20)29-8-14-6-7-32(11-17(27)34)12-21(14,2)35/h4-5,9,13-14,35H,3,6-8,10-12H2,1-2H3,(H2,27,34)(H,29,30,31)/t14-,21-/m0/s1. The fourth-order valence-corrected chi connectivity index (χ4v) is 4.13. The minimum atomic E-state index is -4.49. The van der Waals surface area contributed by atoms with E-state index in [1.807, 2.05) is 0 Å². The van der Waals surface area contributed by atoms with Gasteiger partial charge in [0, 0.05) is 31.7 Å². The van der Waals surface area contributed by atoms with Crippen LogP contribution < -0.4 is 16.0 Å². The third-order valence-electron chi connectivity index (χ3n) is 6.07. The van der Waals surface area contributed by atoms with Gasteiger partial charge in [0.15, 0.2) is 11.6 Å². The summed E-state index contributed by atoms with van der Waals surface area (Å²) < 4.78 is 53.6. The van der Waals surface area contributed by atoms with Crippen molar-refractivity contribution in [1.82, 2.24) is 19.9 Å². The number of β-amino-alcohol motifs (C(OH)–C–C–N with tert-alkyl or cyclic N) is 1. The molecule has 2 aromatic rings. The summed E-state index contributed by atoms with van der Waals surface area (Å²) in [4.78, 5) is 26.3. The summed E-state index contributed by atoms with van der Waals surface area (Å²) in [7, 11) is 0. The predicted molar refractivity (Wildman–Crippen MR) is 121 cm³/mol. The summed E-state index contributed by atoms with van der Waals surface area (Å²) in [6.07, 6.45) is -1.99. The number of aromatic nitrogens is 3. The van der Waals surface area contributed by atoms with Crippen LogP contribution in [0.4, 0.5) is 29.2 Å². The van der Waals surface area contributed by atoms with E-state index >= 15 is 4.39 Å². The average Bonchev–Trinajstić information content (AvgIpc) is 2.77. The lowest BCUT2D eigenvalue weighted by Crippen LogP contribution is -2.55. The van der Waals surface area contributed by atoms with E-state index < -0.39 is 29.1 Å². The Labute approximate surface area is 200 Å². The zero-order chi connectivity index (χ0) is 25.8. The normalized spacial score (nSPS) is 21.1. The highest BCUT2D eigenvalue weighted by Crippen LogP contribution is 2.30. The molecule has 0 unspecified atom stereocenters. The van der Waals surface area contributed by atoms with Gasteiger partial charge in [-0.2, -0.15) is 17.6 Å². The lowest BCUT2D eigenvalue weighted by Gasteiger charge is -2.42. The van der Waals surface area contributed by atoms with Crippen molar-refractivity contribution in [1.29, 1.82) is 0 Å². The number of piperidine rings is 1. The second-order valence-electron chi connectivity index (χ2n) is 8.81. The van der Waals surface area contributed by atoms with E-state index in [2.05, 4.69) is 20.3 Å². The van der Waals surface area contributed by atoms with Gasteiger partial charge in [0.05, 0.1) is 29.9 Å². The molecule has 35 heavy (non-hydrogen) atoms. The molecule has 2 atom stereocenters. The first-order valence-electron chi connectivity index (χ1n) is 11.1. The molecule has 192 valence electrons.